The third-order valence-electron chi connectivity index (χ3n) is 3.12. The summed E-state index contributed by atoms with van der Waals surface area (Å²) in [5.74, 6) is -0.210. The summed E-state index contributed by atoms with van der Waals surface area (Å²) in [7, 11) is -2.51. The molecular weight excluding hydrogens is 382 g/mol. The molecule has 0 aliphatic heterocycles. The lowest BCUT2D eigenvalue weighted by Gasteiger charge is -2.09. The maximum atomic E-state index is 12.3. The highest BCUT2D eigenvalue weighted by molar-refractivity contribution is 9.10. The molecule has 122 valence electrons. The van der Waals surface area contributed by atoms with E-state index in [2.05, 4.69) is 20.7 Å². The standard InChI is InChI=1S/C16H16BrNO4S/c1-11-3-5-12(6-4-11)7-16(19)18-23(20,21)15-9-13(17)8-14(10-15)22-2/h3-6,8-10H,7H2,1-2H3,(H,18,19). The number of aryl methyl sites for hydroxylation is 1. The third-order valence-corrected chi connectivity index (χ3v) is 4.93. The average Bonchev–Trinajstić information content (AvgIpc) is 2.48. The zero-order chi connectivity index (χ0) is 17.0. The maximum Gasteiger partial charge on any atom is 0.264 e. The number of halogens is 1. The monoisotopic (exact) mass is 397 g/mol. The number of benzene rings is 2. The van der Waals surface area contributed by atoms with Crippen LogP contribution < -0.4 is 9.46 Å². The molecule has 0 radical (unpaired) electrons. The van der Waals surface area contributed by atoms with E-state index in [1.165, 1.54) is 19.2 Å². The van der Waals surface area contributed by atoms with Crippen molar-refractivity contribution < 1.29 is 17.9 Å². The Morgan fingerprint density at radius 3 is 2.43 bits per heavy atom. The summed E-state index contributed by atoms with van der Waals surface area (Å²) >= 11 is 3.22. The van der Waals surface area contributed by atoms with Gasteiger partial charge in [-0.2, -0.15) is 0 Å². The molecule has 1 N–H and O–H groups in total. The molecule has 2 rings (SSSR count). The number of amides is 1. The molecule has 0 unspecified atom stereocenters. The lowest BCUT2D eigenvalue weighted by molar-refractivity contribution is -0.118. The van der Waals surface area contributed by atoms with Crippen LogP contribution in [0, 0.1) is 6.92 Å². The first-order valence-electron chi connectivity index (χ1n) is 6.76. The Hall–Kier alpha value is -1.86. The minimum Gasteiger partial charge on any atom is -0.497 e. The number of nitrogens with one attached hydrogen (secondary N) is 1. The topological polar surface area (TPSA) is 72.5 Å². The number of ether oxygens (including phenoxy) is 1. The first-order valence-corrected chi connectivity index (χ1v) is 9.03. The van der Waals surface area contributed by atoms with E-state index in [1.807, 2.05) is 19.1 Å². The summed E-state index contributed by atoms with van der Waals surface area (Å²) in [5.41, 5.74) is 1.82. The van der Waals surface area contributed by atoms with Crippen LogP contribution in [-0.2, 0) is 21.2 Å². The second kappa shape index (κ2) is 7.14. The first-order chi connectivity index (χ1) is 10.8. The fourth-order valence-electron chi connectivity index (χ4n) is 1.95. The van der Waals surface area contributed by atoms with Gasteiger partial charge in [-0.25, -0.2) is 13.1 Å². The number of hydrogen-bond donors (Lipinski definition) is 1. The van der Waals surface area contributed by atoms with E-state index in [-0.39, 0.29) is 11.3 Å². The van der Waals surface area contributed by atoms with Crippen LogP contribution in [0.4, 0.5) is 0 Å². The van der Waals surface area contributed by atoms with Gasteiger partial charge in [0.25, 0.3) is 10.0 Å². The minimum absolute atomic E-state index is 0.00928. The van der Waals surface area contributed by atoms with E-state index in [0.717, 1.165) is 11.1 Å². The molecule has 23 heavy (non-hydrogen) atoms. The lowest BCUT2D eigenvalue weighted by atomic mass is 10.1. The maximum absolute atomic E-state index is 12.3. The van der Waals surface area contributed by atoms with Crippen molar-refractivity contribution in [2.75, 3.05) is 7.11 Å². The summed E-state index contributed by atoms with van der Waals surface area (Å²) in [6.07, 6.45) is -0.00928. The quantitative estimate of drug-likeness (QED) is 0.841. The van der Waals surface area contributed by atoms with Gasteiger partial charge in [-0.1, -0.05) is 45.8 Å². The number of sulfonamides is 1. The van der Waals surface area contributed by atoms with E-state index in [1.54, 1.807) is 18.2 Å². The lowest BCUT2D eigenvalue weighted by Crippen LogP contribution is -2.31. The van der Waals surface area contributed by atoms with Gasteiger partial charge in [0.15, 0.2) is 0 Å². The summed E-state index contributed by atoms with van der Waals surface area (Å²) < 4.78 is 32.2. The Kier molecular flexibility index (Phi) is 5.43. The molecule has 0 heterocycles. The fraction of sp³-hybridized carbons (Fsp3) is 0.188. The number of carbonyl (C=O) groups is 1. The van der Waals surface area contributed by atoms with Crippen LogP contribution in [0.15, 0.2) is 51.8 Å². The predicted octanol–water partition coefficient (Wildman–Crippen LogP) is 2.81. The Balaban J connectivity index is 2.15. The van der Waals surface area contributed by atoms with Gasteiger partial charge in [0.2, 0.25) is 5.91 Å². The van der Waals surface area contributed by atoms with Crippen molar-refractivity contribution in [2.24, 2.45) is 0 Å². The molecule has 0 aliphatic carbocycles. The van der Waals surface area contributed by atoms with E-state index in [4.69, 9.17) is 4.74 Å². The van der Waals surface area contributed by atoms with Gasteiger partial charge in [-0.05, 0) is 24.6 Å². The summed E-state index contributed by atoms with van der Waals surface area (Å²) in [4.78, 5) is 12.0. The molecule has 0 aromatic heterocycles. The van der Waals surface area contributed by atoms with Crippen LogP contribution in [0.25, 0.3) is 0 Å². The van der Waals surface area contributed by atoms with Gasteiger partial charge >= 0.3 is 0 Å². The summed E-state index contributed by atoms with van der Waals surface area (Å²) in [5, 5.41) is 0. The van der Waals surface area contributed by atoms with Crippen LogP contribution in [-0.4, -0.2) is 21.4 Å². The SMILES string of the molecule is COc1cc(Br)cc(S(=O)(=O)NC(=O)Cc2ccc(C)cc2)c1. The normalized spacial score (nSPS) is 11.1. The number of carbonyl (C=O) groups excluding carboxylic acids is 1. The van der Waals surface area contributed by atoms with Crippen molar-refractivity contribution in [1.82, 2.24) is 4.72 Å². The van der Waals surface area contributed by atoms with E-state index >= 15 is 0 Å². The van der Waals surface area contributed by atoms with E-state index < -0.39 is 15.9 Å². The average molecular weight is 398 g/mol. The van der Waals surface area contributed by atoms with Gasteiger partial charge in [0.05, 0.1) is 18.4 Å². The van der Waals surface area contributed by atoms with Gasteiger partial charge < -0.3 is 4.74 Å². The highest BCUT2D eigenvalue weighted by atomic mass is 79.9. The van der Waals surface area contributed by atoms with Crippen molar-refractivity contribution in [1.29, 1.82) is 0 Å². The molecule has 2 aromatic carbocycles. The molecule has 0 atom stereocenters. The second-order valence-corrected chi connectivity index (χ2v) is 7.62. The molecule has 5 nitrogen and oxygen atoms in total. The summed E-state index contributed by atoms with van der Waals surface area (Å²) in [6, 6.07) is 11.7. The highest BCUT2D eigenvalue weighted by Crippen LogP contribution is 2.24. The summed E-state index contributed by atoms with van der Waals surface area (Å²) in [6.45, 7) is 1.94. The smallest absolute Gasteiger partial charge is 0.264 e. The van der Waals surface area contributed by atoms with Crippen LogP contribution >= 0.6 is 15.9 Å². The van der Waals surface area contributed by atoms with E-state index in [9.17, 15) is 13.2 Å². The van der Waals surface area contributed by atoms with Crippen LogP contribution in [0.3, 0.4) is 0 Å². The zero-order valence-corrected chi connectivity index (χ0v) is 15.1. The van der Waals surface area contributed by atoms with Crippen molar-refractivity contribution in [3.05, 3.63) is 58.1 Å². The molecule has 0 aliphatic rings. The molecule has 0 fully saturated rings. The largest absolute Gasteiger partial charge is 0.497 e. The molecule has 0 saturated carbocycles. The Bertz CT molecular complexity index is 816. The van der Waals surface area contributed by atoms with Crippen LogP contribution in [0.1, 0.15) is 11.1 Å². The van der Waals surface area contributed by atoms with Gasteiger partial charge in [-0.15, -0.1) is 0 Å². The van der Waals surface area contributed by atoms with Crippen molar-refractivity contribution in [3.63, 3.8) is 0 Å². The number of methoxy groups -OCH3 is 1. The van der Waals surface area contributed by atoms with E-state index in [0.29, 0.717) is 10.2 Å². The van der Waals surface area contributed by atoms with Gasteiger partial charge in [0, 0.05) is 10.5 Å². The predicted molar refractivity (Wildman–Crippen MR) is 90.9 cm³/mol. The van der Waals surface area contributed by atoms with Crippen molar-refractivity contribution >= 4 is 31.9 Å². The molecule has 2 aromatic rings. The highest BCUT2D eigenvalue weighted by Gasteiger charge is 2.19. The van der Waals surface area contributed by atoms with Crippen molar-refractivity contribution in [2.45, 2.75) is 18.2 Å². The number of rotatable bonds is 5. The Labute approximate surface area is 143 Å². The third kappa shape index (κ3) is 4.80. The molecular formula is C16H16BrNO4S. The molecule has 1 amide bonds. The van der Waals surface area contributed by atoms with Crippen molar-refractivity contribution in [3.8, 4) is 5.75 Å². The molecule has 7 heteroatoms. The number of hydrogen-bond acceptors (Lipinski definition) is 4. The molecule has 0 saturated heterocycles. The second-order valence-electron chi connectivity index (χ2n) is 5.02. The van der Waals surface area contributed by atoms with Crippen LogP contribution in [0.2, 0.25) is 0 Å². The van der Waals surface area contributed by atoms with Gasteiger partial charge in [0.1, 0.15) is 5.75 Å². The minimum atomic E-state index is -3.95. The zero-order valence-electron chi connectivity index (χ0n) is 12.7. The first kappa shape index (κ1) is 17.5. The van der Waals surface area contributed by atoms with Gasteiger partial charge in [-0.3, -0.25) is 4.79 Å². The molecule has 0 bridgehead atoms. The van der Waals surface area contributed by atoms with Crippen LogP contribution in [0.5, 0.6) is 5.75 Å². The fourth-order valence-corrected chi connectivity index (χ4v) is 3.61. The Morgan fingerprint density at radius 2 is 1.83 bits per heavy atom. The Morgan fingerprint density at radius 1 is 1.17 bits per heavy atom. The molecule has 0 spiro atoms.